The summed E-state index contributed by atoms with van der Waals surface area (Å²) in [4.78, 5) is 0. The molecule has 21 heavy (non-hydrogen) atoms. The van der Waals surface area contributed by atoms with E-state index in [2.05, 4.69) is 36.5 Å². The van der Waals surface area contributed by atoms with E-state index in [9.17, 15) is 0 Å². The Balaban J connectivity index is 1.48. The normalized spacial score (nSPS) is 29.7. The lowest BCUT2D eigenvalue weighted by atomic mass is 9.71. The van der Waals surface area contributed by atoms with Crippen molar-refractivity contribution in [1.29, 1.82) is 0 Å². The van der Waals surface area contributed by atoms with Crippen molar-refractivity contribution in [2.45, 2.75) is 69.0 Å². The Kier molecular flexibility index (Phi) is 3.35. The van der Waals surface area contributed by atoms with Crippen LogP contribution in [0.1, 0.15) is 56.1 Å². The minimum absolute atomic E-state index is 0.274. The molecule has 2 nitrogen and oxygen atoms in total. The number of ether oxygens (including phenoxy) is 1. The molecule has 1 aromatic carbocycles. The minimum atomic E-state index is 0.274. The van der Waals surface area contributed by atoms with Gasteiger partial charge in [0.1, 0.15) is 0 Å². The Bertz CT molecular complexity index is 497. The van der Waals surface area contributed by atoms with Crippen molar-refractivity contribution in [3.8, 4) is 0 Å². The molecule has 0 radical (unpaired) electrons. The van der Waals surface area contributed by atoms with Crippen LogP contribution in [-0.4, -0.2) is 24.8 Å². The van der Waals surface area contributed by atoms with Crippen molar-refractivity contribution in [2.75, 3.05) is 13.1 Å². The van der Waals surface area contributed by atoms with Crippen LogP contribution in [0.2, 0.25) is 0 Å². The lowest BCUT2D eigenvalue weighted by molar-refractivity contribution is -0.0501. The smallest absolute Gasteiger partial charge is 0.0687 e. The average Bonchev–Trinajstić information content (AvgIpc) is 3.06. The van der Waals surface area contributed by atoms with Gasteiger partial charge < -0.3 is 10.1 Å². The van der Waals surface area contributed by atoms with Crippen LogP contribution < -0.4 is 5.32 Å². The minimum Gasteiger partial charge on any atom is -0.372 e. The Morgan fingerprint density at radius 1 is 1.10 bits per heavy atom. The lowest BCUT2D eigenvalue weighted by Gasteiger charge is -2.45. The van der Waals surface area contributed by atoms with Gasteiger partial charge in [-0.1, -0.05) is 42.7 Å². The summed E-state index contributed by atoms with van der Waals surface area (Å²) in [5, 5.41) is 3.49. The van der Waals surface area contributed by atoms with Gasteiger partial charge in [0.05, 0.1) is 11.7 Å². The van der Waals surface area contributed by atoms with Crippen LogP contribution in [0, 0.1) is 6.92 Å². The third-order valence-corrected chi connectivity index (χ3v) is 6.06. The molecule has 1 unspecified atom stereocenters. The van der Waals surface area contributed by atoms with E-state index < -0.39 is 0 Å². The second kappa shape index (κ2) is 5.10. The maximum Gasteiger partial charge on any atom is 0.0687 e. The summed E-state index contributed by atoms with van der Waals surface area (Å²) in [5.74, 6) is 0. The van der Waals surface area contributed by atoms with Gasteiger partial charge >= 0.3 is 0 Å². The van der Waals surface area contributed by atoms with Crippen LogP contribution in [0.15, 0.2) is 24.3 Å². The number of nitrogens with one attached hydrogen (secondary N) is 1. The second-order valence-electron chi connectivity index (χ2n) is 7.62. The molecular formula is C19H27NO. The van der Waals surface area contributed by atoms with E-state index in [1.165, 1.54) is 56.1 Å². The molecule has 4 rings (SSSR count). The van der Waals surface area contributed by atoms with E-state index in [1.54, 1.807) is 0 Å². The fraction of sp³-hybridized carbons (Fsp3) is 0.684. The molecule has 1 aromatic rings. The van der Waals surface area contributed by atoms with Gasteiger partial charge in [0.25, 0.3) is 0 Å². The van der Waals surface area contributed by atoms with E-state index in [0.29, 0.717) is 11.5 Å². The molecule has 1 atom stereocenters. The summed E-state index contributed by atoms with van der Waals surface area (Å²) in [6.45, 7) is 4.39. The van der Waals surface area contributed by atoms with Gasteiger partial charge in [-0.05, 0) is 44.6 Å². The van der Waals surface area contributed by atoms with Gasteiger partial charge in [0, 0.05) is 18.5 Å². The monoisotopic (exact) mass is 285 g/mol. The van der Waals surface area contributed by atoms with Gasteiger partial charge in [-0.15, -0.1) is 0 Å². The van der Waals surface area contributed by atoms with Crippen molar-refractivity contribution in [3.63, 3.8) is 0 Å². The molecule has 3 fully saturated rings. The Morgan fingerprint density at radius 2 is 1.81 bits per heavy atom. The summed E-state index contributed by atoms with van der Waals surface area (Å²) in [6, 6.07) is 9.17. The van der Waals surface area contributed by atoms with Crippen molar-refractivity contribution in [2.24, 2.45) is 0 Å². The zero-order valence-corrected chi connectivity index (χ0v) is 13.2. The van der Waals surface area contributed by atoms with E-state index in [4.69, 9.17) is 4.74 Å². The van der Waals surface area contributed by atoms with Gasteiger partial charge in [0.2, 0.25) is 0 Å². The summed E-state index contributed by atoms with van der Waals surface area (Å²) >= 11 is 0. The molecule has 0 aromatic heterocycles. The highest BCUT2D eigenvalue weighted by Gasteiger charge is 2.47. The van der Waals surface area contributed by atoms with E-state index in [-0.39, 0.29) is 5.60 Å². The molecule has 2 heteroatoms. The summed E-state index contributed by atoms with van der Waals surface area (Å²) in [7, 11) is 0. The highest BCUT2D eigenvalue weighted by molar-refractivity contribution is 5.32. The van der Waals surface area contributed by atoms with Crippen LogP contribution in [0.3, 0.4) is 0 Å². The Labute approximate surface area is 128 Å². The van der Waals surface area contributed by atoms with Crippen molar-refractivity contribution in [3.05, 3.63) is 35.4 Å². The van der Waals surface area contributed by atoms with E-state index in [0.717, 1.165) is 13.1 Å². The maximum atomic E-state index is 6.56. The highest BCUT2D eigenvalue weighted by atomic mass is 16.5. The highest BCUT2D eigenvalue weighted by Crippen LogP contribution is 2.46. The van der Waals surface area contributed by atoms with Crippen LogP contribution >= 0.6 is 0 Å². The lowest BCUT2D eigenvalue weighted by Crippen LogP contribution is -2.58. The predicted molar refractivity (Wildman–Crippen MR) is 85.6 cm³/mol. The first-order valence-corrected chi connectivity index (χ1v) is 8.66. The first kappa shape index (κ1) is 13.8. The number of hydrogen-bond donors (Lipinski definition) is 1. The molecule has 114 valence electrons. The summed E-state index contributed by atoms with van der Waals surface area (Å²) in [6.07, 6.45) is 9.60. The molecule has 2 aliphatic heterocycles. The zero-order valence-electron chi connectivity index (χ0n) is 13.2. The predicted octanol–water partition coefficient (Wildman–Crippen LogP) is 3.72. The molecule has 2 heterocycles. The molecule has 3 aliphatic rings. The fourth-order valence-electron chi connectivity index (χ4n) is 4.66. The molecule has 1 aliphatic carbocycles. The van der Waals surface area contributed by atoms with E-state index >= 15 is 0 Å². The number of hydrogen-bond acceptors (Lipinski definition) is 2. The molecule has 0 amide bonds. The standard InChI is InChI=1S/C19H27NO/c1-15-4-6-16(7-5-15)18(13-20-14-18)12-17-8-11-19(21-17)9-2-3-10-19/h4-7,17,20H,2-3,8-14H2,1H3. The Morgan fingerprint density at radius 3 is 2.43 bits per heavy atom. The van der Waals surface area contributed by atoms with Crippen molar-refractivity contribution < 1.29 is 4.74 Å². The average molecular weight is 285 g/mol. The quantitative estimate of drug-likeness (QED) is 0.914. The maximum absolute atomic E-state index is 6.56. The van der Waals surface area contributed by atoms with Crippen LogP contribution in [0.4, 0.5) is 0 Å². The number of aryl methyl sites for hydroxylation is 1. The van der Waals surface area contributed by atoms with Gasteiger partial charge in [0.15, 0.2) is 0 Å². The van der Waals surface area contributed by atoms with Gasteiger partial charge in [-0.25, -0.2) is 0 Å². The first-order chi connectivity index (χ1) is 10.2. The van der Waals surface area contributed by atoms with Crippen molar-refractivity contribution in [1.82, 2.24) is 5.32 Å². The zero-order chi connectivity index (χ0) is 14.3. The van der Waals surface area contributed by atoms with Crippen molar-refractivity contribution >= 4 is 0 Å². The molecule has 1 saturated carbocycles. The number of benzene rings is 1. The van der Waals surface area contributed by atoms with Crippen LogP contribution in [0.25, 0.3) is 0 Å². The summed E-state index contributed by atoms with van der Waals surface area (Å²) < 4.78 is 6.56. The fourth-order valence-corrected chi connectivity index (χ4v) is 4.66. The summed E-state index contributed by atoms with van der Waals surface area (Å²) in [5.41, 5.74) is 3.45. The molecular weight excluding hydrogens is 258 g/mol. The SMILES string of the molecule is Cc1ccc(C2(CC3CCC4(CCCC4)O3)CNC2)cc1. The third-order valence-electron chi connectivity index (χ3n) is 6.06. The van der Waals surface area contributed by atoms with Gasteiger partial charge in [-0.3, -0.25) is 0 Å². The largest absolute Gasteiger partial charge is 0.372 e. The molecule has 1 spiro atoms. The Hall–Kier alpha value is -0.860. The number of rotatable bonds is 3. The third kappa shape index (κ3) is 2.43. The molecule has 0 bridgehead atoms. The molecule has 2 saturated heterocycles. The van der Waals surface area contributed by atoms with Crippen LogP contribution in [0.5, 0.6) is 0 Å². The first-order valence-electron chi connectivity index (χ1n) is 8.66. The van der Waals surface area contributed by atoms with Crippen LogP contribution in [-0.2, 0) is 10.2 Å². The van der Waals surface area contributed by atoms with E-state index in [1.807, 2.05) is 0 Å². The topological polar surface area (TPSA) is 21.3 Å². The van der Waals surface area contributed by atoms with Gasteiger partial charge in [-0.2, -0.15) is 0 Å². The second-order valence-corrected chi connectivity index (χ2v) is 7.62. The molecule has 1 N–H and O–H groups in total.